The van der Waals surface area contributed by atoms with Gasteiger partial charge in [-0.05, 0) is 37.8 Å². The molecule has 0 heterocycles. The maximum Gasteiger partial charge on any atom is 0.156 e. The van der Waals surface area contributed by atoms with Gasteiger partial charge in [0.05, 0.1) is 20.3 Å². The van der Waals surface area contributed by atoms with Gasteiger partial charge in [0.1, 0.15) is 0 Å². The normalized spacial score (nSPS) is 10.2. The highest BCUT2D eigenvalue weighted by atomic mass is 32.2. The zero-order valence-corrected chi connectivity index (χ0v) is 16.7. The number of rotatable bonds is 13. The first-order valence-corrected chi connectivity index (χ1v) is 9.41. The van der Waals surface area contributed by atoms with E-state index in [1.807, 2.05) is 20.1 Å². The molecule has 0 saturated heterocycles. The average Bonchev–Trinajstić information content (AvgIpc) is 2.60. The van der Waals surface area contributed by atoms with Crippen molar-refractivity contribution in [2.24, 2.45) is 0 Å². The van der Waals surface area contributed by atoms with E-state index in [1.165, 1.54) is 12.0 Å². The third-order valence-electron chi connectivity index (χ3n) is 2.94. The highest BCUT2D eigenvalue weighted by Gasteiger charge is 2.05. The molecular weight excluding hydrogens is 318 g/mol. The fourth-order valence-corrected chi connectivity index (χ4v) is 1.77. The summed E-state index contributed by atoms with van der Waals surface area (Å²) >= 11 is 1.36. The zero-order chi connectivity index (χ0) is 18.3. The number of hydrogen-bond acceptors (Lipinski definition) is 7. The van der Waals surface area contributed by atoms with Gasteiger partial charge < -0.3 is 23.9 Å². The lowest BCUT2D eigenvalue weighted by atomic mass is 10.2. The lowest BCUT2D eigenvalue weighted by molar-refractivity contribution is -0.107. The Kier molecular flexibility index (Phi) is 32.8. The summed E-state index contributed by atoms with van der Waals surface area (Å²) in [5, 5.41) is 17.7. The first kappa shape index (κ1) is 27.9. The Bertz CT molecular complexity index is 178. The van der Waals surface area contributed by atoms with Crippen molar-refractivity contribution in [1.29, 1.82) is 0 Å². The molecule has 0 fully saturated rings. The van der Waals surface area contributed by atoms with Crippen molar-refractivity contribution in [2.75, 3.05) is 60.4 Å². The van der Waals surface area contributed by atoms with Crippen LogP contribution in [0, 0.1) is 0 Å². The van der Waals surface area contributed by atoms with Gasteiger partial charge in [0.2, 0.25) is 0 Å². The van der Waals surface area contributed by atoms with Crippen molar-refractivity contribution in [2.45, 2.75) is 45.8 Å². The van der Waals surface area contributed by atoms with Crippen LogP contribution < -0.4 is 0 Å². The highest BCUT2D eigenvalue weighted by molar-refractivity contribution is 7.93. The lowest BCUT2D eigenvalue weighted by Gasteiger charge is -2.20. The van der Waals surface area contributed by atoms with Crippen molar-refractivity contribution in [3.05, 3.63) is 0 Å². The third kappa shape index (κ3) is 24.5. The maximum atomic E-state index is 8.85. The summed E-state index contributed by atoms with van der Waals surface area (Å²) in [6, 6.07) is 0. The van der Waals surface area contributed by atoms with E-state index in [-0.39, 0.29) is 19.5 Å². The zero-order valence-electron chi connectivity index (χ0n) is 15.9. The van der Waals surface area contributed by atoms with Crippen LogP contribution in [-0.4, -0.2) is 81.8 Å². The van der Waals surface area contributed by atoms with Gasteiger partial charge in [0.25, 0.3) is 0 Å². The molecule has 0 rings (SSSR count). The van der Waals surface area contributed by atoms with Gasteiger partial charge in [-0.2, -0.15) is 0 Å². The largest absolute Gasteiger partial charge is 0.395 e. The van der Waals surface area contributed by atoms with E-state index in [0.29, 0.717) is 13.1 Å². The van der Waals surface area contributed by atoms with E-state index < -0.39 is 0 Å². The summed E-state index contributed by atoms with van der Waals surface area (Å²) in [4.78, 5) is 2.07. The molecule has 0 spiro atoms. The van der Waals surface area contributed by atoms with Crippen LogP contribution in [-0.2, 0) is 13.7 Å². The fourth-order valence-electron chi connectivity index (χ4n) is 1.77. The molecule has 0 aromatic rings. The fraction of sp³-hybridized carbons (Fsp3) is 1.00. The number of nitrogens with zero attached hydrogens (tertiary/aromatic N) is 1. The predicted molar refractivity (Wildman–Crippen MR) is 98.8 cm³/mol. The van der Waals surface area contributed by atoms with Crippen molar-refractivity contribution < 1.29 is 23.9 Å². The van der Waals surface area contributed by atoms with Gasteiger partial charge in [-0.3, -0.25) is 4.90 Å². The average molecular weight is 358 g/mol. The SMILES string of the molecule is CC.COC(CCCCCN(CCO)CCO)OC.COSC. The molecule has 0 aromatic carbocycles. The van der Waals surface area contributed by atoms with E-state index in [1.54, 1.807) is 21.3 Å². The number of aliphatic hydroxyl groups is 2. The van der Waals surface area contributed by atoms with Gasteiger partial charge in [-0.1, -0.05) is 20.3 Å². The molecule has 0 radical (unpaired) electrons. The summed E-state index contributed by atoms with van der Waals surface area (Å²) in [6.07, 6.45) is 5.93. The van der Waals surface area contributed by atoms with Crippen LogP contribution in [0.3, 0.4) is 0 Å². The van der Waals surface area contributed by atoms with E-state index in [2.05, 4.69) is 9.08 Å². The summed E-state index contributed by atoms with van der Waals surface area (Å²) < 4.78 is 14.7. The number of methoxy groups -OCH3 is 2. The van der Waals surface area contributed by atoms with Gasteiger partial charge in [-0.25, -0.2) is 0 Å². The van der Waals surface area contributed by atoms with Crippen LogP contribution >= 0.6 is 12.0 Å². The summed E-state index contributed by atoms with van der Waals surface area (Å²) in [5.41, 5.74) is 0. The summed E-state index contributed by atoms with van der Waals surface area (Å²) in [6.45, 7) is 6.50. The van der Waals surface area contributed by atoms with E-state index in [0.717, 1.165) is 32.2 Å². The molecule has 0 aromatic heterocycles. The second kappa shape index (κ2) is 27.0. The molecule has 0 aliphatic rings. The number of unbranched alkanes of at least 4 members (excludes halogenated alkanes) is 2. The quantitative estimate of drug-likeness (QED) is 0.298. The Balaban J connectivity index is -0.000000574. The van der Waals surface area contributed by atoms with Gasteiger partial charge >= 0.3 is 0 Å². The summed E-state index contributed by atoms with van der Waals surface area (Å²) in [5.74, 6) is 0. The van der Waals surface area contributed by atoms with Crippen molar-refractivity contribution in [3.8, 4) is 0 Å². The maximum absolute atomic E-state index is 8.85. The molecule has 2 N–H and O–H groups in total. The Morgan fingerprint density at radius 2 is 1.35 bits per heavy atom. The van der Waals surface area contributed by atoms with Crippen molar-refractivity contribution >= 4 is 12.0 Å². The van der Waals surface area contributed by atoms with Crippen LogP contribution in [0.25, 0.3) is 0 Å². The monoisotopic (exact) mass is 357 g/mol. The molecule has 0 aliphatic carbocycles. The van der Waals surface area contributed by atoms with E-state index in [9.17, 15) is 0 Å². The number of hydrogen-bond donors (Lipinski definition) is 2. The Morgan fingerprint density at radius 1 is 0.870 bits per heavy atom. The summed E-state index contributed by atoms with van der Waals surface area (Å²) in [7, 11) is 4.95. The Labute approximate surface area is 147 Å². The van der Waals surface area contributed by atoms with E-state index >= 15 is 0 Å². The minimum Gasteiger partial charge on any atom is -0.395 e. The first-order chi connectivity index (χ1) is 11.2. The topological polar surface area (TPSA) is 71.4 Å². The number of ether oxygens (including phenoxy) is 2. The van der Waals surface area contributed by atoms with Crippen LogP contribution in [0.4, 0.5) is 0 Å². The molecule has 144 valence electrons. The van der Waals surface area contributed by atoms with Crippen LogP contribution in [0.1, 0.15) is 39.5 Å². The van der Waals surface area contributed by atoms with Crippen LogP contribution in [0.15, 0.2) is 0 Å². The van der Waals surface area contributed by atoms with Gasteiger partial charge in [-0.15, -0.1) is 0 Å². The number of aliphatic hydroxyl groups excluding tert-OH is 2. The molecule has 6 nitrogen and oxygen atoms in total. The molecule has 0 atom stereocenters. The molecular formula is C16H39NO5S. The van der Waals surface area contributed by atoms with E-state index in [4.69, 9.17) is 19.7 Å². The van der Waals surface area contributed by atoms with Crippen molar-refractivity contribution in [3.63, 3.8) is 0 Å². The smallest absolute Gasteiger partial charge is 0.156 e. The lowest BCUT2D eigenvalue weighted by Crippen LogP contribution is -2.30. The predicted octanol–water partition coefficient (Wildman–Crippen LogP) is 2.39. The molecule has 0 unspecified atom stereocenters. The molecule has 0 aliphatic heterocycles. The minimum absolute atomic E-state index is 0.0963. The molecule has 23 heavy (non-hydrogen) atoms. The van der Waals surface area contributed by atoms with Crippen LogP contribution in [0.2, 0.25) is 0 Å². The first-order valence-electron chi connectivity index (χ1n) is 8.26. The highest BCUT2D eigenvalue weighted by Crippen LogP contribution is 2.07. The second-order valence-electron chi connectivity index (χ2n) is 4.37. The van der Waals surface area contributed by atoms with Gasteiger partial charge in [0.15, 0.2) is 6.29 Å². The minimum atomic E-state index is -0.0963. The third-order valence-corrected chi connectivity index (χ3v) is 3.27. The second-order valence-corrected chi connectivity index (χ2v) is 5.04. The molecule has 0 bridgehead atoms. The van der Waals surface area contributed by atoms with Gasteiger partial charge in [0, 0.05) is 33.6 Å². The Hall–Kier alpha value is 0.110. The molecule has 7 heteroatoms. The van der Waals surface area contributed by atoms with Crippen LogP contribution in [0.5, 0.6) is 0 Å². The standard InChI is InChI=1S/C12H27NO4.C2H6OS.C2H6/c1-16-12(17-2)6-4-3-5-7-13(8-10-14)9-11-15;1-3-4-2;1-2/h12,14-15H,3-11H2,1-2H3;1-2H3;1-2H3. The van der Waals surface area contributed by atoms with Crippen molar-refractivity contribution in [1.82, 2.24) is 4.90 Å². The molecule has 0 amide bonds. The Morgan fingerprint density at radius 3 is 1.70 bits per heavy atom. The molecule has 0 saturated carbocycles.